The van der Waals surface area contributed by atoms with Gasteiger partial charge in [-0.25, -0.2) is 9.97 Å². The molecule has 0 radical (unpaired) electrons. The molecule has 2 aromatic heterocycles. The van der Waals surface area contributed by atoms with E-state index in [-0.39, 0.29) is 0 Å². The molecule has 0 fully saturated rings. The Morgan fingerprint density at radius 2 is 1.68 bits per heavy atom. The highest BCUT2D eigenvalue weighted by atomic mass is 16.5. The van der Waals surface area contributed by atoms with Crippen LogP contribution in [-0.2, 0) is 4.65 Å². The fraction of sp³-hybridized carbons (Fsp3) is 0.222. The molecule has 0 atom stereocenters. The van der Waals surface area contributed by atoms with Gasteiger partial charge in [-0.1, -0.05) is 23.7 Å². The van der Waals surface area contributed by atoms with Gasteiger partial charge in [0.1, 0.15) is 11.5 Å². The maximum absolute atomic E-state index is 10.4. The third kappa shape index (κ3) is 3.71. The molecule has 0 bridgehead atoms. The third-order valence-electron chi connectivity index (χ3n) is 6.65. The summed E-state index contributed by atoms with van der Waals surface area (Å²) in [5, 5.41) is 20.6. The Kier molecular flexibility index (Phi) is 5.16. The van der Waals surface area contributed by atoms with Crippen molar-refractivity contribution >= 4 is 40.5 Å². The van der Waals surface area contributed by atoms with E-state index < -0.39 is 11.2 Å². The summed E-state index contributed by atoms with van der Waals surface area (Å²) in [6.45, 7) is 7.26. The first-order valence-electron chi connectivity index (χ1n) is 11.2. The van der Waals surface area contributed by atoms with Crippen molar-refractivity contribution in [3.05, 3.63) is 72.3 Å². The summed E-state index contributed by atoms with van der Waals surface area (Å²) in [6.07, 6.45) is 0. The van der Waals surface area contributed by atoms with E-state index in [0.29, 0.717) is 13.0 Å². The molecule has 5 aromatic rings. The Labute approximate surface area is 198 Å². The Hall–Kier alpha value is -3.73. The summed E-state index contributed by atoms with van der Waals surface area (Å²) >= 11 is 0. The van der Waals surface area contributed by atoms with Crippen LogP contribution in [0.25, 0.3) is 39.0 Å². The normalized spacial score (nSPS) is 12.4. The Bertz CT molecular complexity index is 1570. The van der Waals surface area contributed by atoms with E-state index in [9.17, 15) is 10.4 Å². The van der Waals surface area contributed by atoms with Gasteiger partial charge in [0.2, 0.25) is 0 Å². The number of imidazole rings is 1. The molecule has 1 N–H and O–H groups in total. The molecule has 0 aliphatic heterocycles. The van der Waals surface area contributed by atoms with Crippen LogP contribution in [0, 0.1) is 11.3 Å². The van der Waals surface area contributed by atoms with Crippen LogP contribution in [0.15, 0.2) is 66.7 Å². The predicted molar refractivity (Wildman–Crippen MR) is 136 cm³/mol. The van der Waals surface area contributed by atoms with E-state index in [1.54, 1.807) is 26.0 Å². The van der Waals surface area contributed by atoms with Gasteiger partial charge in [-0.05, 0) is 76.2 Å². The van der Waals surface area contributed by atoms with Gasteiger partial charge < -0.3 is 9.76 Å². The standard InChI is InChI=1S/C27H25BN4O2/c1-26(2,33)27(3,4)34-28-19-13-14-20-22(15-19)31-24(18-11-9-17(16-29)10-12-18)32-23-8-6-5-7-21(23)30-25(20)32/h5-15,28,33H,1-4H3. The molecule has 0 spiro atoms. The molecule has 34 heavy (non-hydrogen) atoms. The molecule has 168 valence electrons. The number of hydrogen-bond donors (Lipinski definition) is 1. The highest BCUT2D eigenvalue weighted by Gasteiger charge is 2.35. The molecule has 2 heterocycles. The first kappa shape index (κ1) is 22.1. The Morgan fingerprint density at radius 3 is 2.38 bits per heavy atom. The van der Waals surface area contributed by atoms with Crippen LogP contribution >= 0.6 is 0 Å². The van der Waals surface area contributed by atoms with E-state index in [1.807, 2.05) is 68.4 Å². The molecule has 0 saturated heterocycles. The number of fused-ring (bicyclic) bond motifs is 5. The van der Waals surface area contributed by atoms with Crippen molar-refractivity contribution in [1.29, 1.82) is 5.26 Å². The second kappa shape index (κ2) is 7.95. The highest BCUT2D eigenvalue weighted by Crippen LogP contribution is 2.29. The number of benzene rings is 3. The van der Waals surface area contributed by atoms with Crippen molar-refractivity contribution in [3.63, 3.8) is 0 Å². The number of rotatable bonds is 5. The van der Waals surface area contributed by atoms with Crippen LogP contribution in [0.3, 0.4) is 0 Å². The van der Waals surface area contributed by atoms with Crippen LogP contribution in [0.2, 0.25) is 0 Å². The van der Waals surface area contributed by atoms with Gasteiger partial charge in [0, 0.05) is 10.9 Å². The highest BCUT2D eigenvalue weighted by molar-refractivity contribution is 6.47. The molecule has 0 aliphatic rings. The molecule has 6 nitrogen and oxygen atoms in total. The first-order valence-corrected chi connectivity index (χ1v) is 11.2. The lowest BCUT2D eigenvalue weighted by molar-refractivity contribution is -0.0893. The van der Waals surface area contributed by atoms with Crippen LogP contribution in [0.4, 0.5) is 0 Å². The van der Waals surface area contributed by atoms with Gasteiger partial charge in [-0.15, -0.1) is 0 Å². The average molecular weight is 448 g/mol. The Balaban J connectivity index is 1.69. The third-order valence-corrected chi connectivity index (χ3v) is 6.65. The average Bonchev–Trinajstić information content (AvgIpc) is 3.21. The summed E-state index contributed by atoms with van der Waals surface area (Å²) < 4.78 is 8.15. The smallest absolute Gasteiger partial charge is 0.309 e. The van der Waals surface area contributed by atoms with Crippen LogP contribution in [0.5, 0.6) is 0 Å². The van der Waals surface area contributed by atoms with E-state index in [4.69, 9.17) is 14.6 Å². The lowest BCUT2D eigenvalue weighted by Crippen LogP contribution is -2.49. The monoisotopic (exact) mass is 448 g/mol. The SMILES string of the molecule is CC(C)(O)C(C)(C)OBc1ccc2c(c1)nc(-c1ccc(C#N)cc1)n1c3ccccc3nc21. The van der Waals surface area contributed by atoms with Crippen LogP contribution in [-0.4, -0.2) is 38.2 Å². The largest absolute Gasteiger partial charge is 0.427 e. The zero-order chi connectivity index (χ0) is 24.1. The number of hydrogen-bond acceptors (Lipinski definition) is 5. The number of aliphatic hydroxyl groups is 1. The summed E-state index contributed by atoms with van der Waals surface area (Å²) in [5.74, 6) is 0.760. The maximum Gasteiger partial charge on any atom is 0.309 e. The number of para-hydroxylation sites is 2. The fourth-order valence-electron chi connectivity index (χ4n) is 3.86. The quantitative estimate of drug-likeness (QED) is 0.409. The molecule has 7 heteroatoms. The number of nitrogens with zero attached hydrogens (tertiary/aromatic N) is 4. The second-order valence-corrected chi connectivity index (χ2v) is 9.59. The van der Waals surface area contributed by atoms with Gasteiger partial charge in [0.15, 0.2) is 0 Å². The van der Waals surface area contributed by atoms with Gasteiger partial charge in [0.05, 0.1) is 39.4 Å². The van der Waals surface area contributed by atoms with Gasteiger partial charge in [-0.3, -0.25) is 4.40 Å². The van der Waals surface area contributed by atoms with E-state index >= 15 is 0 Å². The summed E-state index contributed by atoms with van der Waals surface area (Å²) in [7, 11) is 0.350. The lowest BCUT2D eigenvalue weighted by atomic mass is 9.82. The van der Waals surface area contributed by atoms with E-state index in [0.717, 1.165) is 44.4 Å². The first-order chi connectivity index (χ1) is 16.2. The second-order valence-electron chi connectivity index (χ2n) is 9.59. The maximum atomic E-state index is 10.4. The molecule has 5 rings (SSSR count). The van der Waals surface area contributed by atoms with E-state index in [2.05, 4.69) is 10.5 Å². The number of aromatic nitrogens is 3. The van der Waals surface area contributed by atoms with Crippen LogP contribution in [0.1, 0.15) is 33.3 Å². The summed E-state index contributed by atoms with van der Waals surface area (Å²) in [6, 6.07) is 23.7. The molecular weight excluding hydrogens is 423 g/mol. The zero-order valence-electron chi connectivity index (χ0n) is 19.7. The van der Waals surface area contributed by atoms with Crippen molar-refractivity contribution in [2.75, 3.05) is 0 Å². The van der Waals surface area contributed by atoms with Crippen molar-refractivity contribution < 1.29 is 9.76 Å². The molecule has 0 saturated carbocycles. The zero-order valence-corrected chi connectivity index (χ0v) is 19.7. The number of nitriles is 1. The van der Waals surface area contributed by atoms with Gasteiger partial charge >= 0.3 is 7.48 Å². The minimum absolute atomic E-state index is 0.350. The van der Waals surface area contributed by atoms with Gasteiger partial charge in [0.25, 0.3) is 0 Å². The molecular formula is C27H25BN4O2. The molecule has 3 aromatic carbocycles. The Morgan fingerprint density at radius 1 is 0.941 bits per heavy atom. The van der Waals surface area contributed by atoms with Crippen molar-refractivity contribution in [1.82, 2.24) is 14.4 Å². The molecule has 0 aliphatic carbocycles. The van der Waals surface area contributed by atoms with Gasteiger partial charge in [-0.2, -0.15) is 5.26 Å². The predicted octanol–water partition coefficient (Wildman–Crippen LogP) is 4.12. The minimum atomic E-state index is -0.979. The van der Waals surface area contributed by atoms with Crippen molar-refractivity contribution in [2.45, 2.75) is 38.9 Å². The van der Waals surface area contributed by atoms with Crippen molar-refractivity contribution in [2.24, 2.45) is 0 Å². The van der Waals surface area contributed by atoms with E-state index in [1.165, 1.54) is 0 Å². The minimum Gasteiger partial charge on any atom is -0.427 e. The topological polar surface area (TPSA) is 83.4 Å². The summed E-state index contributed by atoms with van der Waals surface area (Å²) in [5.41, 5.74) is 4.28. The summed E-state index contributed by atoms with van der Waals surface area (Å²) in [4.78, 5) is 9.96. The molecule has 0 amide bonds. The fourth-order valence-corrected chi connectivity index (χ4v) is 3.86. The lowest BCUT2D eigenvalue weighted by Gasteiger charge is -2.37. The van der Waals surface area contributed by atoms with Crippen molar-refractivity contribution in [3.8, 4) is 17.5 Å². The molecule has 0 unspecified atom stereocenters. The van der Waals surface area contributed by atoms with Crippen LogP contribution < -0.4 is 5.46 Å².